The van der Waals surface area contributed by atoms with Crippen molar-refractivity contribution in [3.05, 3.63) is 54.2 Å². The van der Waals surface area contributed by atoms with E-state index in [-0.39, 0.29) is 22.5 Å². The molecule has 0 saturated carbocycles. The van der Waals surface area contributed by atoms with E-state index in [1.165, 1.54) is 0 Å². The van der Waals surface area contributed by atoms with Crippen LogP contribution in [0.5, 0.6) is 5.75 Å². The third-order valence-corrected chi connectivity index (χ3v) is 5.64. The summed E-state index contributed by atoms with van der Waals surface area (Å²) in [7, 11) is 0. The number of imide groups is 1. The number of hydrogen-bond acceptors (Lipinski definition) is 7. The van der Waals surface area contributed by atoms with Crippen molar-refractivity contribution in [3.8, 4) is 5.75 Å². The van der Waals surface area contributed by atoms with E-state index in [4.69, 9.17) is 9.47 Å². The van der Waals surface area contributed by atoms with Gasteiger partial charge in [-0.1, -0.05) is 30.0 Å². The van der Waals surface area contributed by atoms with Crippen molar-refractivity contribution in [2.75, 3.05) is 31.2 Å². The summed E-state index contributed by atoms with van der Waals surface area (Å²) in [6.07, 6.45) is 2.29. The number of aromatic nitrogens is 1. The van der Waals surface area contributed by atoms with Gasteiger partial charge in [-0.05, 0) is 36.2 Å². The second kappa shape index (κ2) is 8.62. The molecular formula is C20H21N3O4S. The number of nitrogens with one attached hydrogen (secondary N) is 1. The Morgan fingerprint density at radius 2 is 2.07 bits per heavy atom. The number of nitrogens with zero attached hydrogens (tertiary/aromatic N) is 2. The lowest BCUT2D eigenvalue weighted by molar-refractivity contribution is -0.118. The summed E-state index contributed by atoms with van der Waals surface area (Å²) in [6, 6.07) is 13.5. The quantitative estimate of drug-likeness (QED) is 0.798. The number of hydrogen-bond donors (Lipinski definition) is 1. The summed E-state index contributed by atoms with van der Waals surface area (Å²) in [5.41, 5.74) is 0.991. The lowest BCUT2D eigenvalue weighted by Gasteiger charge is -2.33. The van der Waals surface area contributed by atoms with E-state index in [9.17, 15) is 9.59 Å². The summed E-state index contributed by atoms with van der Waals surface area (Å²) in [5.74, 6) is 1.48. The van der Waals surface area contributed by atoms with Gasteiger partial charge in [0.1, 0.15) is 24.3 Å². The van der Waals surface area contributed by atoms with E-state index in [0.29, 0.717) is 19.6 Å². The highest BCUT2D eigenvalue weighted by molar-refractivity contribution is 8.15. The van der Waals surface area contributed by atoms with Gasteiger partial charge < -0.3 is 14.4 Å². The molecule has 4 rings (SSSR count). The molecule has 3 heterocycles. The normalized spacial score (nSPS) is 22.2. The number of carbonyl (C=O) groups is 2. The van der Waals surface area contributed by atoms with Gasteiger partial charge in [-0.2, -0.15) is 0 Å². The highest BCUT2D eigenvalue weighted by atomic mass is 32.2. The number of pyridine rings is 1. The van der Waals surface area contributed by atoms with Crippen molar-refractivity contribution in [2.24, 2.45) is 0 Å². The van der Waals surface area contributed by atoms with Crippen molar-refractivity contribution in [2.45, 2.75) is 17.8 Å². The average molecular weight is 399 g/mol. The maximum Gasteiger partial charge on any atom is 0.286 e. The van der Waals surface area contributed by atoms with Crippen LogP contribution in [-0.2, 0) is 16.0 Å². The van der Waals surface area contributed by atoms with Gasteiger partial charge in [0, 0.05) is 19.3 Å². The molecule has 0 bridgehead atoms. The molecule has 0 aliphatic carbocycles. The zero-order valence-corrected chi connectivity index (χ0v) is 16.1. The molecule has 1 unspecified atom stereocenters. The number of amides is 2. The number of benzene rings is 1. The first-order chi connectivity index (χ1) is 13.7. The summed E-state index contributed by atoms with van der Waals surface area (Å²) >= 11 is 1.04. The van der Waals surface area contributed by atoms with E-state index in [0.717, 1.165) is 42.0 Å². The standard InChI is InChI=1S/C20H21N3O4S/c24-19-17(28-20(25)22-19)11-14-4-6-15(7-5-14)27-13-16-12-23(9-10-26-16)18-3-1-2-8-21-18/h1-8,16-17H,9-13H2,(H,22,24,25)/t16-,17?/m1/s1. The molecule has 2 aliphatic heterocycles. The Bertz CT molecular complexity index is 831. The van der Waals surface area contributed by atoms with Crippen LogP contribution in [0.25, 0.3) is 0 Å². The lowest BCUT2D eigenvalue weighted by Crippen LogP contribution is -2.45. The van der Waals surface area contributed by atoms with Gasteiger partial charge >= 0.3 is 0 Å². The van der Waals surface area contributed by atoms with Gasteiger partial charge in [-0.3, -0.25) is 14.9 Å². The van der Waals surface area contributed by atoms with Crippen molar-refractivity contribution in [1.29, 1.82) is 0 Å². The summed E-state index contributed by atoms with van der Waals surface area (Å²) in [5, 5.41) is 1.68. The van der Waals surface area contributed by atoms with Crippen LogP contribution in [0, 0.1) is 0 Å². The molecule has 146 valence electrons. The average Bonchev–Trinajstić information content (AvgIpc) is 3.05. The highest BCUT2D eigenvalue weighted by Crippen LogP contribution is 2.24. The third kappa shape index (κ3) is 4.63. The topological polar surface area (TPSA) is 80.8 Å². The van der Waals surface area contributed by atoms with Crippen molar-refractivity contribution in [1.82, 2.24) is 10.3 Å². The molecule has 2 atom stereocenters. The maximum atomic E-state index is 11.7. The fourth-order valence-electron chi connectivity index (χ4n) is 3.22. The smallest absolute Gasteiger partial charge is 0.286 e. The number of anilines is 1. The minimum Gasteiger partial charge on any atom is -0.491 e. The first-order valence-corrected chi connectivity index (χ1v) is 10.1. The van der Waals surface area contributed by atoms with Crippen LogP contribution in [-0.4, -0.2) is 53.8 Å². The fraction of sp³-hybridized carbons (Fsp3) is 0.350. The minimum absolute atomic E-state index is 0.0278. The van der Waals surface area contributed by atoms with E-state index in [1.807, 2.05) is 42.5 Å². The van der Waals surface area contributed by atoms with Crippen LogP contribution in [0.4, 0.5) is 10.6 Å². The van der Waals surface area contributed by atoms with Crippen LogP contribution in [0.1, 0.15) is 5.56 Å². The van der Waals surface area contributed by atoms with E-state index < -0.39 is 0 Å². The molecule has 0 radical (unpaired) electrons. The SMILES string of the molecule is O=C1NC(=O)C(Cc2ccc(OC[C@H]3CN(c4ccccn4)CCO3)cc2)S1. The van der Waals surface area contributed by atoms with E-state index >= 15 is 0 Å². The Hall–Kier alpha value is -2.58. The predicted octanol–water partition coefficient (Wildman–Crippen LogP) is 2.26. The van der Waals surface area contributed by atoms with Crippen LogP contribution < -0.4 is 15.0 Å². The van der Waals surface area contributed by atoms with Crippen molar-refractivity contribution in [3.63, 3.8) is 0 Å². The number of rotatable bonds is 6. The Kier molecular flexibility index (Phi) is 5.78. The van der Waals surface area contributed by atoms with Gasteiger partial charge in [0.25, 0.3) is 5.24 Å². The molecule has 8 heteroatoms. The number of carbonyl (C=O) groups excluding carboxylic acids is 2. The molecule has 1 aromatic heterocycles. The monoisotopic (exact) mass is 399 g/mol. The molecule has 28 heavy (non-hydrogen) atoms. The number of ether oxygens (including phenoxy) is 2. The predicted molar refractivity (Wildman–Crippen MR) is 107 cm³/mol. The summed E-state index contributed by atoms with van der Waals surface area (Å²) in [6.45, 7) is 2.65. The number of thioether (sulfide) groups is 1. The second-order valence-electron chi connectivity index (χ2n) is 6.67. The summed E-state index contributed by atoms with van der Waals surface area (Å²) in [4.78, 5) is 29.5. The van der Waals surface area contributed by atoms with Gasteiger partial charge in [-0.25, -0.2) is 4.98 Å². The molecule has 2 fully saturated rings. The third-order valence-electron chi connectivity index (χ3n) is 4.66. The zero-order valence-electron chi connectivity index (χ0n) is 15.2. The molecule has 7 nitrogen and oxygen atoms in total. The molecule has 0 spiro atoms. The van der Waals surface area contributed by atoms with Gasteiger partial charge in [0.05, 0.1) is 11.9 Å². The largest absolute Gasteiger partial charge is 0.491 e. The fourth-order valence-corrected chi connectivity index (χ4v) is 4.08. The van der Waals surface area contributed by atoms with Crippen LogP contribution in [0.15, 0.2) is 48.7 Å². The molecule has 1 aromatic carbocycles. The number of morpholine rings is 1. The minimum atomic E-state index is -0.354. The van der Waals surface area contributed by atoms with E-state index in [1.54, 1.807) is 6.20 Å². The Labute approximate surface area is 167 Å². The Balaban J connectivity index is 1.28. The molecule has 2 amide bonds. The van der Waals surface area contributed by atoms with Crippen LogP contribution >= 0.6 is 11.8 Å². The first kappa shape index (κ1) is 18.8. The van der Waals surface area contributed by atoms with Crippen molar-refractivity contribution < 1.29 is 19.1 Å². The van der Waals surface area contributed by atoms with Gasteiger partial charge in [0.15, 0.2) is 0 Å². The summed E-state index contributed by atoms with van der Waals surface area (Å²) < 4.78 is 11.7. The van der Waals surface area contributed by atoms with Crippen LogP contribution in [0.2, 0.25) is 0 Å². The van der Waals surface area contributed by atoms with Crippen LogP contribution in [0.3, 0.4) is 0 Å². The first-order valence-electron chi connectivity index (χ1n) is 9.18. The van der Waals surface area contributed by atoms with Gasteiger partial charge in [-0.15, -0.1) is 0 Å². The zero-order chi connectivity index (χ0) is 19.3. The van der Waals surface area contributed by atoms with Gasteiger partial charge in [0.2, 0.25) is 5.91 Å². The molecule has 2 aliphatic rings. The molecular weight excluding hydrogens is 378 g/mol. The Morgan fingerprint density at radius 1 is 1.21 bits per heavy atom. The highest BCUT2D eigenvalue weighted by Gasteiger charge is 2.31. The van der Waals surface area contributed by atoms with Crippen molar-refractivity contribution >= 4 is 28.7 Å². The van der Waals surface area contributed by atoms with E-state index in [2.05, 4.69) is 15.2 Å². The maximum absolute atomic E-state index is 11.7. The Morgan fingerprint density at radius 3 is 2.79 bits per heavy atom. The lowest BCUT2D eigenvalue weighted by atomic mass is 10.1. The molecule has 2 aromatic rings. The second-order valence-corrected chi connectivity index (χ2v) is 7.84. The molecule has 2 saturated heterocycles. The molecule has 1 N–H and O–H groups in total.